The van der Waals surface area contributed by atoms with Gasteiger partial charge in [0.05, 0.1) is 22.4 Å². The predicted molar refractivity (Wildman–Crippen MR) is 106 cm³/mol. The van der Waals surface area contributed by atoms with Crippen molar-refractivity contribution in [3.63, 3.8) is 0 Å². The van der Waals surface area contributed by atoms with Gasteiger partial charge in [-0.2, -0.15) is 0 Å². The molecule has 0 aliphatic carbocycles. The van der Waals surface area contributed by atoms with Crippen LogP contribution in [0.1, 0.15) is 31.1 Å². The van der Waals surface area contributed by atoms with Crippen LogP contribution in [0.4, 0.5) is 5.82 Å². The van der Waals surface area contributed by atoms with Crippen molar-refractivity contribution in [2.24, 2.45) is 0 Å². The SMILES string of the molecule is Nc1c2c(cc(=O)n1-c1cc(Cl)cc(OC(=O)c3ccccc3)c1O)C(=O)NC2=O. The minimum atomic E-state index is -0.797. The number of benzene rings is 2. The molecule has 1 aromatic heterocycles. The normalized spacial score (nSPS) is 12.4. The Labute approximate surface area is 173 Å². The number of aromatic nitrogens is 1. The summed E-state index contributed by atoms with van der Waals surface area (Å²) in [6.45, 7) is 0. The number of nitrogen functional groups attached to an aromatic ring is 1. The van der Waals surface area contributed by atoms with Crippen LogP contribution in [0.3, 0.4) is 0 Å². The smallest absolute Gasteiger partial charge is 0.343 e. The van der Waals surface area contributed by atoms with Crippen molar-refractivity contribution in [1.82, 2.24) is 9.88 Å². The summed E-state index contributed by atoms with van der Waals surface area (Å²) in [5, 5.41) is 12.7. The number of esters is 1. The van der Waals surface area contributed by atoms with Gasteiger partial charge in [-0.15, -0.1) is 0 Å². The summed E-state index contributed by atoms with van der Waals surface area (Å²) < 4.78 is 6.03. The number of fused-ring (bicyclic) bond motifs is 1. The summed E-state index contributed by atoms with van der Waals surface area (Å²) in [4.78, 5) is 48.8. The highest BCUT2D eigenvalue weighted by Crippen LogP contribution is 2.37. The zero-order valence-corrected chi connectivity index (χ0v) is 15.8. The van der Waals surface area contributed by atoms with E-state index in [1.165, 1.54) is 24.3 Å². The highest BCUT2D eigenvalue weighted by atomic mass is 35.5. The maximum absolute atomic E-state index is 12.6. The highest BCUT2D eigenvalue weighted by molar-refractivity contribution is 6.31. The number of halogens is 1. The molecule has 1 aliphatic heterocycles. The molecule has 4 rings (SSSR count). The third-order valence-electron chi connectivity index (χ3n) is 4.43. The molecule has 150 valence electrons. The lowest BCUT2D eigenvalue weighted by Gasteiger charge is -2.16. The molecule has 0 radical (unpaired) electrons. The molecule has 2 heterocycles. The monoisotopic (exact) mass is 425 g/mol. The van der Waals surface area contributed by atoms with Crippen LogP contribution >= 0.6 is 11.6 Å². The van der Waals surface area contributed by atoms with Crippen molar-refractivity contribution >= 4 is 35.2 Å². The van der Waals surface area contributed by atoms with Crippen molar-refractivity contribution in [2.75, 3.05) is 5.73 Å². The molecular formula is C20H12ClN3O6. The van der Waals surface area contributed by atoms with Crippen molar-refractivity contribution < 1.29 is 24.2 Å². The van der Waals surface area contributed by atoms with Crippen LogP contribution in [-0.4, -0.2) is 27.5 Å². The van der Waals surface area contributed by atoms with Gasteiger partial charge in [-0.05, 0) is 18.2 Å². The molecule has 1 aliphatic rings. The van der Waals surface area contributed by atoms with Gasteiger partial charge in [0.2, 0.25) is 0 Å². The summed E-state index contributed by atoms with van der Waals surface area (Å²) in [6, 6.07) is 11.3. The molecule has 0 bridgehead atoms. The highest BCUT2D eigenvalue weighted by Gasteiger charge is 2.32. The fraction of sp³-hybridized carbons (Fsp3) is 0. The standard InChI is InChI=1S/C20H12ClN3O6/c21-10-6-12(16(26)13(7-10)30-20(29)9-4-2-1-3-5-9)24-14(25)8-11-15(17(24)22)19(28)23-18(11)27/h1-8,26H,22H2,(H,23,27,28). The van der Waals surface area contributed by atoms with Gasteiger partial charge in [0.15, 0.2) is 11.5 Å². The zero-order chi connectivity index (χ0) is 21.6. The fourth-order valence-electron chi connectivity index (χ4n) is 3.07. The number of phenols is 1. The lowest BCUT2D eigenvalue weighted by molar-refractivity contribution is 0.0729. The molecule has 0 atom stereocenters. The van der Waals surface area contributed by atoms with Crippen molar-refractivity contribution in [2.45, 2.75) is 0 Å². The third-order valence-corrected chi connectivity index (χ3v) is 4.64. The molecular weight excluding hydrogens is 414 g/mol. The van der Waals surface area contributed by atoms with Crippen LogP contribution in [0.25, 0.3) is 5.69 Å². The van der Waals surface area contributed by atoms with E-state index >= 15 is 0 Å². The predicted octanol–water partition coefficient (Wildman–Crippen LogP) is 1.88. The Kier molecular flexibility index (Phi) is 4.52. The van der Waals surface area contributed by atoms with E-state index in [0.29, 0.717) is 0 Å². The van der Waals surface area contributed by atoms with Gasteiger partial charge in [0, 0.05) is 17.2 Å². The minimum Gasteiger partial charge on any atom is -0.503 e. The molecule has 2 amide bonds. The van der Waals surface area contributed by atoms with E-state index in [9.17, 15) is 24.3 Å². The molecule has 9 nitrogen and oxygen atoms in total. The molecule has 0 unspecified atom stereocenters. The van der Waals surface area contributed by atoms with Crippen molar-refractivity contribution in [3.05, 3.63) is 80.6 Å². The Balaban J connectivity index is 1.85. The van der Waals surface area contributed by atoms with Crippen LogP contribution in [0.2, 0.25) is 5.02 Å². The number of rotatable bonds is 3. The number of imide groups is 1. The summed E-state index contributed by atoms with van der Waals surface area (Å²) >= 11 is 6.08. The number of pyridine rings is 1. The Morgan fingerprint density at radius 1 is 1.07 bits per heavy atom. The van der Waals surface area contributed by atoms with E-state index in [0.717, 1.165) is 10.6 Å². The number of ether oxygens (including phenoxy) is 1. The summed E-state index contributed by atoms with van der Waals surface area (Å²) in [5.41, 5.74) is 4.79. The lowest BCUT2D eigenvalue weighted by Crippen LogP contribution is -2.24. The molecule has 0 fully saturated rings. The number of hydrogen-bond donors (Lipinski definition) is 3. The maximum atomic E-state index is 12.6. The molecule has 10 heteroatoms. The van der Waals surface area contributed by atoms with Crippen LogP contribution in [0.15, 0.2) is 53.3 Å². The van der Waals surface area contributed by atoms with E-state index < -0.39 is 29.1 Å². The van der Waals surface area contributed by atoms with E-state index in [2.05, 4.69) is 0 Å². The lowest BCUT2D eigenvalue weighted by atomic mass is 10.1. The number of phenolic OH excluding ortho intramolecular Hbond substituents is 1. The topological polar surface area (TPSA) is 141 Å². The number of carbonyl (C=O) groups excluding carboxylic acids is 3. The summed E-state index contributed by atoms with van der Waals surface area (Å²) in [5.74, 6) is -3.60. The van der Waals surface area contributed by atoms with Gasteiger partial charge in [-0.1, -0.05) is 29.8 Å². The largest absolute Gasteiger partial charge is 0.503 e. The Morgan fingerprint density at radius 3 is 2.47 bits per heavy atom. The Hall–Kier alpha value is -4.11. The first-order chi connectivity index (χ1) is 14.3. The molecule has 0 saturated heterocycles. The van der Waals surface area contributed by atoms with Gasteiger partial charge in [-0.25, -0.2) is 4.79 Å². The second kappa shape index (κ2) is 7.05. The summed E-state index contributed by atoms with van der Waals surface area (Å²) in [6.07, 6.45) is 0. The van der Waals surface area contributed by atoms with Crippen LogP contribution < -0.4 is 21.3 Å². The zero-order valence-electron chi connectivity index (χ0n) is 15.0. The molecule has 0 spiro atoms. The van der Waals surface area contributed by atoms with Gasteiger partial charge >= 0.3 is 5.97 Å². The van der Waals surface area contributed by atoms with Crippen molar-refractivity contribution in [3.8, 4) is 17.2 Å². The fourth-order valence-corrected chi connectivity index (χ4v) is 3.27. The molecule has 0 saturated carbocycles. The second-order valence-electron chi connectivity index (χ2n) is 6.30. The number of carbonyl (C=O) groups is 3. The van der Waals surface area contributed by atoms with E-state index in [4.69, 9.17) is 22.1 Å². The Morgan fingerprint density at radius 2 is 1.77 bits per heavy atom. The van der Waals surface area contributed by atoms with Crippen LogP contribution in [0, 0.1) is 0 Å². The number of nitrogens with zero attached hydrogens (tertiary/aromatic N) is 1. The van der Waals surface area contributed by atoms with Crippen LogP contribution in [0.5, 0.6) is 11.5 Å². The molecule has 30 heavy (non-hydrogen) atoms. The van der Waals surface area contributed by atoms with Gasteiger partial charge in [0.1, 0.15) is 5.82 Å². The number of aromatic hydroxyl groups is 1. The average molecular weight is 426 g/mol. The average Bonchev–Trinajstić information content (AvgIpc) is 2.99. The Bertz CT molecular complexity index is 1300. The first-order valence-corrected chi connectivity index (χ1v) is 8.87. The van der Waals surface area contributed by atoms with Crippen LogP contribution in [-0.2, 0) is 0 Å². The van der Waals surface area contributed by atoms with E-state index in [1.54, 1.807) is 18.2 Å². The number of anilines is 1. The third kappa shape index (κ3) is 3.07. The first-order valence-electron chi connectivity index (χ1n) is 8.49. The number of hydrogen-bond acceptors (Lipinski definition) is 7. The number of amides is 2. The summed E-state index contributed by atoms with van der Waals surface area (Å²) in [7, 11) is 0. The quantitative estimate of drug-likeness (QED) is 0.330. The van der Waals surface area contributed by atoms with Gasteiger partial charge < -0.3 is 15.6 Å². The number of nitrogens with two attached hydrogens (primary N) is 1. The van der Waals surface area contributed by atoms with Gasteiger partial charge in [-0.3, -0.25) is 24.3 Å². The molecule has 2 aromatic carbocycles. The minimum absolute atomic E-state index is 0.0194. The maximum Gasteiger partial charge on any atom is 0.343 e. The molecule has 4 N–H and O–H groups in total. The second-order valence-corrected chi connectivity index (χ2v) is 6.74. The first kappa shape index (κ1) is 19.2. The molecule has 3 aromatic rings. The number of nitrogens with one attached hydrogen (secondary N) is 1. The van der Waals surface area contributed by atoms with Gasteiger partial charge in [0.25, 0.3) is 17.4 Å². The van der Waals surface area contributed by atoms with E-state index in [-0.39, 0.29) is 39.0 Å². The van der Waals surface area contributed by atoms with Crippen molar-refractivity contribution in [1.29, 1.82) is 0 Å². The van der Waals surface area contributed by atoms with E-state index in [1.807, 2.05) is 5.32 Å².